The van der Waals surface area contributed by atoms with Gasteiger partial charge in [-0.05, 0) is 40.2 Å². The molecule has 1 aromatic heterocycles. The monoisotopic (exact) mass is 379 g/mol. The quantitative estimate of drug-likeness (QED) is 0.623. The number of nitrogens with zero attached hydrogens (tertiary/aromatic N) is 2. The van der Waals surface area contributed by atoms with E-state index < -0.39 is 11.5 Å². The Hall–Kier alpha value is -2.61. The molecule has 0 unspecified atom stereocenters. The SMILES string of the molecule is COc1ccc(/C=N\NC(=O)c2cccn(C)c2=O)c(Br)c1O. The summed E-state index contributed by atoms with van der Waals surface area (Å²) >= 11 is 3.22. The van der Waals surface area contributed by atoms with Crippen molar-refractivity contribution >= 4 is 28.1 Å². The average Bonchev–Trinajstić information content (AvgIpc) is 2.54. The second kappa shape index (κ2) is 7.10. The van der Waals surface area contributed by atoms with Gasteiger partial charge in [0, 0.05) is 18.8 Å². The number of hydrogen-bond acceptors (Lipinski definition) is 5. The normalized spacial score (nSPS) is 10.7. The molecular formula is C15H14BrN3O4. The molecule has 0 fully saturated rings. The maximum Gasteiger partial charge on any atom is 0.276 e. The minimum Gasteiger partial charge on any atom is -0.503 e. The van der Waals surface area contributed by atoms with Gasteiger partial charge in [-0.15, -0.1) is 0 Å². The number of nitrogens with one attached hydrogen (secondary N) is 1. The Labute approximate surface area is 140 Å². The Kier molecular flexibility index (Phi) is 5.17. The largest absolute Gasteiger partial charge is 0.503 e. The average molecular weight is 380 g/mol. The van der Waals surface area contributed by atoms with Crippen LogP contribution in [0.1, 0.15) is 15.9 Å². The van der Waals surface area contributed by atoms with E-state index in [4.69, 9.17) is 4.74 Å². The zero-order chi connectivity index (χ0) is 17.0. The van der Waals surface area contributed by atoms with Gasteiger partial charge in [-0.1, -0.05) is 0 Å². The lowest BCUT2D eigenvalue weighted by molar-refractivity contribution is 0.0953. The summed E-state index contributed by atoms with van der Waals surface area (Å²) in [6, 6.07) is 6.23. The van der Waals surface area contributed by atoms with Gasteiger partial charge in [0.2, 0.25) is 0 Å². The summed E-state index contributed by atoms with van der Waals surface area (Å²) in [5.41, 5.74) is 2.38. The molecule has 7 nitrogen and oxygen atoms in total. The van der Waals surface area contributed by atoms with Crippen molar-refractivity contribution in [1.29, 1.82) is 0 Å². The van der Waals surface area contributed by atoms with E-state index >= 15 is 0 Å². The number of hydrazone groups is 1. The number of ether oxygens (including phenoxy) is 1. The lowest BCUT2D eigenvalue weighted by Gasteiger charge is -2.07. The van der Waals surface area contributed by atoms with Crippen LogP contribution in [0.2, 0.25) is 0 Å². The van der Waals surface area contributed by atoms with Crippen LogP contribution in [0.3, 0.4) is 0 Å². The van der Waals surface area contributed by atoms with Crippen LogP contribution in [0.15, 0.2) is 44.8 Å². The van der Waals surface area contributed by atoms with Crippen molar-refractivity contribution < 1.29 is 14.6 Å². The van der Waals surface area contributed by atoms with Crippen LogP contribution in [-0.2, 0) is 7.05 Å². The molecule has 0 spiro atoms. The Morgan fingerprint density at radius 2 is 2.17 bits per heavy atom. The van der Waals surface area contributed by atoms with Gasteiger partial charge in [0.25, 0.3) is 11.5 Å². The number of pyridine rings is 1. The zero-order valence-corrected chi connectivity index (χ0v) is 14.0. The number of halogens is 1. The number of amides is 1. The first-order valence-corrected chi connectivity index (χ1v) is 7.29. The highest BCUT2D eigenvalue weighted by atomic mass is 79.9. The van der Waals surface area contributed by atoms with Crippen LogP contribution in [0.5, 0.6) is 11.5 Å². The maximum absolute atomic E-state index is 11.9. The number of benzene rings is 1. The highest BCUT2D eigenvalue weighted by Crippen LogP contribution is 2.35. The van der Waals surface area contributed by atoms with Crippen LogP contribution in [0.4, 0.5) is 0 Å². The Morgan fingerprint density at radius 3 is 2.87 bits per heavy atom. The lowest BCUT2D eigenvalue weighted by Crippen LogP contribution is -2.29. The lowest BCUT2D eigenvalue weighted by atomic mass is 10.2. The second-order valence-electron chi connectivity index (χ2n) is 4.56. The predicted molar refractivity (Wildman–Crippen MR) is 89.1 cm³/mol. The molecule has 2 rings (SSSR count). The highest BCUT2D eigenvalue weighted by molar-refractivity contribution is 9.10. The fourth-order valence-corrected chi connectivity index (χ4v) is 2.25. The molecule has 1 aromatic carbocycles. The first-order chi connectivity index (χ1) is 11.0. The third kappa shape index (κ3) is 3.59. The van der Waals surface area contributed by atoms with E-state index in [0.29, 0.717) is 15.8 Å². The molecule has 0 atom stereocenters. The molecule has 1 heterocycles. The van der Waals surface area contributed by atoms with Crippen LogP contribution >= 0.6 is 15.9 Å². The number of aryl methyl sites for hydroxylation is 1. The summed E-state index contributed by atoms with van der Waals surface area (Å²) in [5.74, 6) is -0.373. The Balaban J connectivity index is 2.16. The number of aromatic nitrogens is 1. The van der Waals surface area contributed by atoms with E-state index in [9.17, 15) is 14.7 Å². The molecule has 0 aliphatic heterocycles. The Morgan fingerprint density at radius 1 is 1.43 bits per heavy atom. The molecule has 0 aliphatic rings. The van der Waals surface area contributed by atoms with E-state index in [0.717, 1.165) is 0 Å². The molecule has 1 amide bonds. The van der Waals surface area contributed by atoms with Gasteiger partial charge < -0.3 is 14.4 Å². The smallest absolute Gasteiger partial charge is 0.276 e. The molecule has 0 radical (unpaired) electrons. The predicted octanol–water partition coefficient (Wildman–Crippen LogP) is 1.63. The van der Waals surface area contributed by atoms with Gasteiger partial charge in [0.1, 0.15) is 5.56 Å². The summed E-state index contributed by atoms with van der Waals surface area (Å²) in [6.07, 6.45) is 2.90. The van der Waals surface area contributed by atoms with Crippen LogP contribution in [0, 0.1) is 0 Å². The molecule has 120 valence electrons. The molecule has 0 saturated carbocycles. The number of hydrogen-bond donors (Lipinski definition) is 2. The van der Waals surface area contributed by atoms with Crippen LogP contribution in [0.25, 0.3) is 0 Å². The molecule has 2 aromatic rings. The molecule has 0 saturated heterocycles. The van der Waals surface area contributed by atoms with Gasteiger partial charge in [-0.2, -0.15) is 5.10 Å². The van der Waals surface area contributed by atoms with Crippen molar-refractivity contribution in [2.45, 2.75) is 0 Å². The maximum atomic E-state index is 11.9. The molecule has 8 heteroatoms. The molecule has 2 N–H and O–H groups in total. The number of phenolic OH excluding ortho intramolecular Hbond substituents is 1. The topological polar surface area (TPSA) is 92.9 Å². The number of carbonyl (C=O) groups is 1. The van der Waals surface area contributed by atoms with Gasteiger partial charge >= 0.3 is 0 Å². The minimum atomic E-state index is -0.615. The number of methoxy groups -OCH3 is 1. The molecule has 0 aliphatic carbocycles. The third-order valence-electron chi connectivity index (χ3n) is 3.07. The Bertz CT molecular complexity index is 830. The van der Waals surface area contributed by atoms with Crippen molar-refractivity contribution in [3.8, 4) is 11.5 Å². The van der Waals surface area contributed by atoms with Crippen LogP contribution < -0.4 is 15.7 Å². The fraction of sp³-hybridized carbons (Fsp3) is 0.133. The number of rotatable bonds is 4. The summed E-state index contributed by atoms with van der Waals surface area (Å²) in [5, 5.41) is 13.7. The molecule has 0 bridgehead atoms. The number of phenols is 1. The summed E-state index contributed by atoms with van der Waals surface area (Å²) < 4.78 is 6.66. The third-order valence-corrected chi connectivity index (χ3v) is 3.90. The van der Waals surface area contributed by atoms with Crippen LogP contribution in [-0.4, -0.2) is 28.9 Å². The van der Waals surface area contributed by atoms with E-state index in [1.54, 1.807) is 31.4 Å². The van der Waals surface area contributed by atoms with Gasteiger partial charge in [0.15, 0.2) is 11.5 Å². The van der Waals surface area contributed by atoms with E-state index in [2.05, 4.69) is 26.5 Å². The summed E-state index contributed by atoms with van der Waals surface area (Å²) in [7, 11) is 3.00. The molecule has 23 heavy (non-hydrogen) atoms. The van der Waals surface area contributed by atoms with Crippen molar-refractivity contribution in [3.63, 3.8) is 0 Å². The van der Waals surface area contributed by atoms with Gasteiger partial charge in [-0.3, -0.25) is 9.59 Å². The first kappa shape index (κ1) is 16.8. The van der Waals surface area contributed by atoms with E-state index in [1.165, 1.54) is 24.0 Å². The van der Waals surface area contributed by atoms with Crippen molar-refractivity contribution in [3.05, 3.63) is 56.4 Å². The number of aromatic hydroxyl groups is 1. The fourth-order valence-electron chi connectivity index (χ4n) is 1.82. The van der Waals surface area contributed by atoms with Crippen molar-refractivity contribution in [1.82, 2.24) is 9.99 Å². The zero-order valence-electron chi connectivity index (χ0n) is 12.4. The van der Waals surface area contributed by atoms with E-state index in [1.807, 2.05) is 0 Å². The standard InChI is InChI=1S/C15H14BrN3O4/c1-19-7-3-4-10(15(19)22)14(21)18-17-8-9-5-6-11(23-2)13(20)12(9)16/h3-8,20H,1-2H3,(H,18,21)/b17-8-. The first-order valence-electron chi connectivity index (χ1n) is 6.50. The highest BCUT2D eigenvalue weighted by Gasteiger charge is 2.11. The van der Waals surface area contributed by atoms with E-state index in [-0.39, 0.29) is 11.3 Å². The number of carbonyl (C=O) groups excluding carboxylic acids is 1. The van der Waals surface area contributed by atoms with Crippen molar-refractivity contribution in [2.24, 2.45) is 12.1 Å². The van der Waals surface area contributed by atoms with Gasteiger partial charge in [0.05, 0.1) is 17.8 Å². The summed E-state index contributed by atoms with van der Waals surface area (Å²) in [6.45, 7) is 0. The second-order valence-corrected chi connectivity index (χ2v) is 5.35. The van der Waals surface area contributed by atoms with Gasteiger partial charge in [-0.25, -0.2) is 5.43 Å². The summed E-state index contributed by atoms with van der Waals surface area (Å²) in [4.78, 5) is 23.7. The minimum absolute atomic E-state index is 0.0104. The molecular weight excluding hydrogens is 366 g/mol. The van der Waals surface area contributed by atoms with Crippen molar-refractivity contribution in [2.75, 3.05) is 7.11 Å².